The van der Waals surface area contributed by atoms with E-state index in [2.05, 4.69) is 10.6 Å². The van der Waals surface area contributed by atoms with E-state index in [1.807, 2.05) is 30.3 Å². The van der Waals surface area contributed by atoms with Crippen LogP contribution in [0.1, 0.15) is 51.0 Å². The Kier molecular flexibility index (Phi) is 20.0. The first-order valence-corrected chi connectivity index (χ1v) is 12.6. The second-order valence-corrected chi connectivity index (χ2v) is 9.09. The molecule has 0 heterocycles. The van der Waals surface area contributed by atoms with Gasteiger partial charge in [0.1, 0.15) is 0 Å². The number of benzene rings is 1. The van der Waals surface area contributed by atoms with Crippen LogP contribution >= 0.6 is 0 Å². The molecule has 2 amide bonds. The van der Waals surface area contributed by atoms with E-state index in [9.17, 15) is 45.8 Å². The molecule has 1 rings (SSSR count). The summed E-state index contributed by atoms with van der Waals surface area (Å²) >= 11 is 0. The summed E-state index contributed by atoms with van der Waals surface area (Å²) in [7, 11) is 0. The summed E-state index contributed by atoms with van der Waals surface area (Å²) in [5, 5.41) is 29.1. The van der Waals surface area contributed by atoms with Gasteiger partial charge in [-0.25, -0.2) is 9.59 Å². The van der Waals surface area contributed by atoms with Gasteiger partial charge in [-0.05, 0) is 38.3 Å². The number of nitrogens with two attached hydrogens (primary N) is 2. The highest BCUT2D eigenvalue weighted by atomic mass is 19.4. The maximum atomic E-state index is 12.6. The lowest BCUT2D eigenvalue weighted by molar-refractivity contribution is -0.193. The van der Waals surface area contributed by atoms with Gasteiger partial charge in [-0.15, -0.1) is 0 Å². The Bertz CT molecular complexity index is 984. The molecule has 18 heteroatoms. The predicted molar refractivity (Wildman–Crippen MR) is 139 cm³/mol. The van der Waals surface area contributed by atoms with Crippen molar-refractivity contribution in [3.8, 4) is 0 Å². The van der Waals surface area contributed by atoms with Crippen LogP contribution in [0.25, 0.3) is 0 Å². The van der Waals surface area contributed by atoms with Crippen LogP contribution in [-0.2, 0) is 30.4 Å². The number of hydrogen-bond donors (Lipinski definition) is 7. The molecule has 3 atom stereocenters. The molecule has 0 fully saturated rings. The largest absolute Gasteiger partial charge is 0.490 e. The van der Waals surface area contributed by atoms with Crippen molar-refractivity contribution in [1.29, 1.82) is 0 Å². The Hall–Kier alpha value is -3.93. The lowest BCUT2D eigenvalue weighted by atomic mass is 10.0. The second-order valence-electron chi connectivity index (χ2n) is 9.09. The summed E-state index contributed by atoms with van der Waals surface area (Å²) in [5.41, 5.74) is 12.1. The number of alkyl halides is 6. The standard InChI is InChI=1S/C21H34N4O4.2C2HF3O2/c1-15(23)11-19(26)24-17(9-5-6-10-22)13-20(27)25-18(14-21(28)29)12-16-7-3-2-4-8-16;2*3-2(4,5)1(6)7/h2-4,7-8,15,17-18H,5-6,9-14,22-23H2,1H3,(H,24,26)(H,25,27)(H,28,29);2*(H,6,7)/t15-,17-,18-;;/m0../s1. The molecule has 0 saturated carbocycles. The number of rotatable bonds is 14. The molecule has 0 aromatic heterocycles. The van der Waals surface area contributed by atoms with Crippen molar-refractivity contribution in [3.63, 3.8) is 0 Å². The summed E-state index contributed by atoms with van der Waals surface area (Å²) < 4.78 is 63.5. The first-order chi connectivity index (χ1) is 19.7. The highest BCUT2D eigenvalue weighted by Crippen LogP contribution is 2.14. The lowest BCUT2D eigenvalue weighted by Gasteiger charge is -2.22. The molecule has 0 aliphatic heterocycles. The zero-order chi connectivity index (χ0) is 33.8. The Balaban J connectivity index is 0. The van der Waals surface area contributed by atoms with Crippen LogP contribution in [-0.4, -0.2) is 82.1 Å². The minimum atomic E-state index is -5.08. The Labute approximate surface area is 242 Å². The van der Waals surface area contributed by atoms with Crippen molar-refractivity contribution in [2.75, 3.05) is 6.54 Å². The first-order valence-electron chi connectivity index (χ1n) is 12.6. The van der Waals surface area contributed by atoms with E-state index >= 15 is 0 Å². The number of carboxylic acids is 3. The fraction of sp³-hybridized carbons (Fsp3) is 0.560. The minimum absolute atomic E-state index is 0.0835. The Morgan fingerprint density at radius 2 is 1.21 bits per heavy atom. The fourth-order valence-electron chi connectivity index (χ4n) is 3.13. The van der Waals surface area contributed by atoms with Gasteiger partial charge in [-0.2, -0.15) is 26.3 Å². The van der Waals surface area contributed by atoms with Gasteiger partial charge in [0.25, 0.3) is 0 Å². The third-order valence-corrected chi connectivity index (χ3v) is 4.91. The molecule has 12 nitrogen and oxygen atoms in total. The van der Waals surface area contributed by atoms with Crippen molar-refractivity contribution >= 4 is 29.7 Å². The van der Waals surface area contributed by atoms with Crippen molar-refractivity contribution in [3.05, 3.63) is 35.9 Å². The minimum Gasteiger partial charge on any atom is -0.481 e. The number of amides is 2. The maximum Gasteiger partial charge on any atom is 0.490 e. The van der Waals surface area contributed by atoms with Gasteiger partial charge in [-0.1, -0.05) is 36.8 Å². The van der Waals surface area contributed by atoms with Crippen LogP contribution in [0.3, 0.4) is 0 Å². The number of carbonyl (C=O) groups is 5. The van der Waals surface area contributed by atoms with E-state index in [1.165, 1.54) is 0 Å². The van der Waals surface area contributed by atoms with Crippen molar-refractivity contribution < 1.29 is 65.6 Å². The first kappa shape index (κ1) is 41.2. The van der Waals surface area contributed by atoms with E-state index < -0.39 is 36.3 Å². The van der Waals surface area contributed by atoms with Gasteiger partial charge in [0.15, 0.2) is 0 Å². The average Bonchev–Trinajstić information content (AvgIpc) is 2.83. The lowest BCUT2D eigenvalue weighted by Crippen LogP contribution is -2.44. The molecule has 0 saturated heterocycles. The van der Waals surface area contributed by atoms with Crippen LogP contribution in [0, 0.1) is 0 Å². The summed E-state index contributed by atoms with van der Waals surface area (Å²) in [6, 6.07) is 8.29. The smallest absolute Gasteiger partial charge is 0.481 e. The number of carbonyl (C=O) groups excluding carboxylic acids is 2. The van der Waals surface area contributed by atoms with Crippen LogP contribution in [0.15, 0.2) is 30.3 Å². The van der Waals surface area contributed by atoms with Gasteiger partial charge in [0, 0.05) is 31.0 Å². The number of unbranched alkanes of at least 4 members (excludes halogenated alkanes) is 1. The molecule has 0 aliphatic rings. The molecular weight excluding hydrogens is 598 g/mol. The second kappa shape index (κ2) is 20.9. The number of carboxylic acid groups (broad SMARTS) is 3. The zero-order valence-corrected chi connectivity index (χ0v) is 23.1. The number of hydrogen-bond acceptors (Lipinski definition) is 7. The van der Waals surface area contributed by atoms with E-state index in [4.69, 9.17) is 31.3 Å². The SMILES string of the molecule is C[C@H](N)CC(=O)N[C@@H](CCCCN)CC(=O)N[C@H](CC(=O)O)Cc1ccccc1.O=C(O)C(F)(F)F.O=C(O)C(F)(F)F. The monoisotopic (exact) mass is 634 g/mol. The fourth-order valence-corrected chi connectivity index (χ4v) is 3.13. The van der Waals surface area contributed by atoms with Crippen LogP contribution < -0.4 is 22.1 Å². The van der Waals surface area contributed by atoms with Crippen LogP contribution in [0.4, 0.5) is 26.3 Å². The van der Waals surface area contributed by atoms with E-state index in [-0.39, 0.29) is 43.2 Å². The molecule has 43 heavy (non-hydrogen) atoms. The summed E-state index contributed by atoms with van der Waals surface area (Å²) in [4.78, 5) is 53.6. The van der Waals surface area contributed by atoms with Crippen molar-refractivity contribution in [2.24, 2.45) is 11.5 Å². The summed E-state index contributed by atoms with van der Waals surface area (Å²) in [5.74, 6) is -6.97. The molecular formula is C25H36F6N4O8. The molecule has 9 N–H and O–H groups in total. The number of aliphatic carboxylic acids is 3. The molecule has 0 spiro atoms. The van der Waals surface area contributed by atoms with E-state index in [1.54, 1.807) is 6.92 Å². The number of halogens is 6. The van der Waals surface area contributed by atoms with Gasteiger partial charge in [0.2, 0.25) is 11.8 Å². The van der Waals surface area contributed by atoms with Gasteiger partial charge < -0.3 is 37.4 Å². The van der Waals surface area contributed by atoms with E-state index in [0.717, 1.165) is 18.4 Å². The average molecular weight is 635 g/mol. The van der Waals surface area contributed by atoms with Gasteiger partial charge >= 0.3 is 30.3 Å². The third-order valence-electron chi connectivity index (χ3n) is 4.91. The molecule has 1 aromatic rings. The molecule has 0 radical (unpaired) electrons. The highest BCUT2D eigenvalue weighted by Gasteiger charge is 2.38. The molecule has 0 unspecified atom stereocenters. The highest BCUT2D eigenvalue weighted by molar-refractivity contribution is 5.80. The van der Waals surface area contributed by atoms with Crippen molar-refractivity contribution in [2.45, 2.75) is 82.3 Å². The topological polar surface area (TPSA) is 222 Å². The zero-order valence-electron chi connectivity index (χ0n) is 23.1. The molecule has 246 valence electrons. The summed E-state index contributed by atoms with van der Waals surface area (Å²) in [6.45, 7) is 2.29. The Morgan fingerprint density at radius 1 is 0.767 bits per heavy atom. The van der Waals surface area contributed by atoms with Crippen LogP contribution in [0.5, 0.6) is 0 Å². The van der Waals surface area contributed by atoms with Crippen LogP contribution in [0.2, 0.25) is 0 Å². The summed E-state index contributed by atoms with van der Waals surface area (Å²) in [6.07, 6.45) is -7.43. The third kappa shape index (κ3) is 24.4. The predicted octanol–water partition coefficient (Wildman–Crippen LogP) is 2.20. The molecule has 0 bridgehead atoms. The molecule has 1 aromatic carbocycles. The maximum absolute atomic E-state index is 12.6. The quantitative estimate of drug-likeness (QED) is 0.117. The number of nitrogens with one attached hydrogen (secondary N) is 2. The molecule has 0 aliphatic carbocycles. The van der Waals surface area contributed by atoms with Gasteiger partial charge in [-0.3, -0.25) is 14.4 Å². The normalized spacial score (nSPS) is 13.0. The Morgan fingerprint density at radius 3 is 1.60 bits per heavy atom. The van der Waals surface area contributed by atoms with Crippen molar-refractivity contribution in [1.82, 2.24) is 10.6 Å². The van der Waals surface area contributed by atoms with Gasteiger partial charge in [0.05, 0.1) is 6.42 Å². The van der Waals surface area contributed by atoms with E-state index in [0.29, 0.717) is 19.4 Å².